The topological polar surface area (TPSA) is 55.8 Å². The normalized spacial score (nSPS) is 10.4. The second kappa shape index (κ2) is 6.43. The van der Waals surface area contributed by atoms with Crippen molar-refractivity contribution in [2.45, 2.75) is 13.5 Å². The highest BCUT2D eigenvalue weighted by atomic mass is 19.2. The van der Waals surface area contributed by atoms with Gasteiger partial charge in [0.1, 0.15) is 12.4 Å². The summed E-state index contributed by atoms with van der Waals surface area (Å²) in [6, 6.07) is 7.94. The predicted molar refractivity (Wildman–Crippen MR) is 75.4 cm³/mol. The van der Waals surface area contributed by atoms with Crippen LogP contribution >= 0.6 is 0 Å². The Hall–Kier alpha value is -2.63. The van der Waals surface area contributed by atoms with E-state index in [2.05, 4.69) is 0 Å². The molecule has 0 fully saturated rings. The Kier molecular flexibility index (Phi) is 4.60. The molecular formula is C16H14F2O4. The highest BCUT2D eigenvalue weighted by Crippen LogP contribution is 2.28. The van der Waals surface area contributed by atoms with E-state index < -0.39 is 23.2 Å². The SMILES string of the molecule is COc1ccc(COc2c(C)cc(C(=O)O)c(F)c2F)cc1. The minimum absolute atomic E-state index is 0.0214. The van der Waals surface area contributed by atoms with E-state index in [4.69, 9.17) is 14.6 Å². The Balaban J connectivity index is 2.22. The van der Waals surface area contributed by atoms with Crippen LogP contribution in [0.5, 0.6) is 11.5 Å². The largest absolute Gasteiger partial charge is 0.497 e. The first-order valence-corrected chi connectivity index (χ1v) is 6.41. The van der Waals surface area contributed by atoms with Gasteiger partial charge in [-0.2, -0.15) is 4.39 Å². The second-order valence-electron chi connectivity index (χ2n) is 4.64. The third-order valence-electron chi connectivity index (χ3n) is 3.12. The van der Waals surface area contributed by atoms with Crippen LogP contribution in [0.25, 0.3) is 0 Å². The third kappa shape index (κ3) is 3.16. The third-order valence-corrected chi connectivity index (χ3v) is 3.12. The van der Waals surface area contributed by atoms with Gasteiger partial charge in [-0.15, -0.1) is 0 Å². The summed E-state index contributed by atoms with van der Waals surface area (Å²) in [5, 5.41) is 8.80. The first-order valence-electron chi connectivity index (χ1n) is 6.41. The fraction of sp³-hybridized carbons (Fsp3) is 0.188. The molecule has 1 N–H and O–H groups in total. The monoisotopic (exact) mass is 308 g/mol. The maximum atomic E-state index is 13.9. The first kappa shape index (κ1) is 15.8. The molecule has 2 aromatic rings. The molecule has 0 unspecified atom stereocenters. The highest BCUT2D eigenvalue weighted by molar-refractivity contribution is 5.88. The van der Waals surface area contributed by atoms with E-state index in [1.807, 2.05) is 0 Å². The number of aryl methyl sites for hydroxylation is 1. The van der Waals surface area contributed by atoms with E-state index in [-0.39, 0.29) is 17.9 Å². The molecule has 0 spiro atoms. The number of hydrogen-bond donors (Lipinski definition) is 1. The number of benzene rings is 2. The summed E-state index contributed by atoms with van der Waals surface area (Å²) < 4.78 is 37.9. The van der Waals surface area contributed by atoms with Gasteiger partial charge in [0.25, 0.3) is 0 Å². The van der Waals surface area contributed by atoms with Crippen molar-refractivity contribution in [3.63, 3.8) is 0 Å². The minimum atomic E-state index is -1.53. The number of halogens is 2. The molecular weight excluding hydrogens is 294 g/mol. The van der Waals surface area contributed by atoms with Gasteiger partial charge in [0, 0.05) is 0 Å². The number of carboxylic acids is 1. The van der Waals surface area contributed by atoms with Gasteiger partial charge in [-0.25, -0.2) is 9.18 Å². The van der Waals surface area contributed by atoms with Gasteiger partial charge in [0.15, 0.2) is 11.6 Å². The molecule has 0 amide bonds. The molecule has 0 aromatic heterocycles. The maximum absolute atomic E-state index is 13.9. The van der Waals surface area contributed by atoms with E-state index in [9.17, 15) is 13.6 Å². The van der Waals surface area contributed by atoms with Gasteiger partial charge in [-0.3, -0.25) is 0 Å². The number of ether oxygens (including phenoxy) is 2. The summed E-state index contributed by atoms with van der Waals surface area (Å²) in [5.41, 5.74) is 0.235. The number of aromatic carboxylic acids is 1. The van der Waals surface area contributed by atoms with Crippen LogP contribution in [0.4, 0.5) is 8.78 Å². The van der Waals surface area contributed by atoms with Crippen molar-refractivity contribution in [2.24, 2.45) is 0 Å². The van der Waals surface area contributed by atoms with E-state index >= 15 is 0 Å². The van der Waals surface area contributed by atoms with E-state index in [0.717, 1.165) is 11.6 Å². The number of rotatable bonds is 5. The van der Waals surface area contributed by atoms with E-state index in [1.165, 1.54) is 14.0 Å². The lowest BCUT2D eigenvalue weighted by molar-refractivity contribution is 0.0690. The summed E-state index contributed by atoms with van der Waals surface area (Å²) in [6.07, 6.45) is 0. The van der Waals surface area contributed by atoms with Gasteiger partial charge in [-0.1, -0.05) is 12.1 Å². The smallest absolute Gasteiger partial charge is 0.338 e. The van der Waals surface area contributed by atoms with Crippen LogP contribution in [0.15, 0.2) is 30.3 Å². The lowest BCUT2D eigenvalue weighted by atomic mass is 10.1. The average Bonchev–Trinajstić information content (AvgIpc) is 2.51. The van der Waals surface area contributed by atoms with Gasteiger partial charge in [0.2, 0.25) is 5.82 Å². The standard InChI is InChI=1S/C16H14F2O4/c1-9-7-12(16(19)20)13(17)14(18)15(9)22-8-10-3-5-11(21-2)6-4-10/h3-7H,8H2,1-2H3,(H,19,20). The van der Waals surface area contributed by atoms with Crippen LogP contribution in [-0.4, -0.2) is 18.2 Å². The fourth-order valence-corrected chi connectivity index (χ4v) is 1.95. The summed E-state index contributed by atoms with van der Waals surface area (Å²) in [5.74, 6) is -3.88. The molecule has 0 heterocycles. The van der Waals surface area contributed by atoms with Gasteiger partial charge in [0.05, 0.1) is 12.7 Å². The lowest BCUT2D eigenvalue weighted by Gasteiger charge is -2.12. The average molecular weight is 308 g/mol. The summed E-state index contributed by atoms with van der Waals surface area (Å²) in [4.78, 5) is 10.8. The zero-order valence-electron chi connectivity index (χ0n) is 12.0. The van der Waals surface area contributed by atoms with Crippen molar-refractivity contribution in [3.05, 3.63) is 58.7 Å². The number of carbonyl (C=O) groups is 1. The lowest BCUT2D eigenvalue weighted by Crippen LogP contribution is -2.07. The molecule has 6 heteroatoms. The van der Waals surface area contributed by atoms with Gasteiger partial charge in [-0.05, 0) is 36.2 Å². The fourth-order valence-electron chi connectivity index (χ4n) is 1.95. The zero-order chi connectivity index (χ0) is 16.3. The molecule has 2 aromatic carbocycles. The molecule has 0 aliphatic heterocycles. The number of hydrogen-bond acceptors (Lipinski definition) is 3. The van der Waals surface area contributed by atoms with Gasteiger partial charge < -0.3 is 14.6 Å². The Labute approximate surface area is 125 Å². The molecule has 0 atom stereocenters. The molecule has 0 aliphatic carbocycles. The molecule has 22 heavy (non-hydrogen) atoms. The van der Waals surface area contributed by atoms with Crippen molar-refractivity contribution < 1.29 is 28.2 Å². The first-order chi connectivity index (χ1) is 10.4. The van der Waals surface area contributed by atoms with Gasteiger partial charge >= 0.3 is 5.97 Å². The molecule has 4 nitrogen and oxygen atoms in total. The predicted octanol–water partition coefficient (Wildman–Crippen LogP) is 3.56. The highest BCUT2D eigenvalue weighted by Gasteiger charge is 2.21. The number of carboxylic acid groups (broad SMARTS) is 1. The second-order valence-corrected chi connectivity index (χ2v) is 4.64. The summed E-state index contributed by atoms with van der Waals surface area (Å²) in [6.45, 7) is 1.48. The van der Waals surface area contributed by atoms with Crippen LogP contribution < -0.4 is 9.47 Å². The Morgan fingerprint density at radius 1 is 1.18 bits per heavy atom. The van der Waals surface area contributed by atoms with Crippen LogP contribution in [0.3, 0.4) is 0 Å². The van der Waals surface area contributed by atoms with Crippen molar-refractivity contribution in [3.8, 4) is 11.5 Å². The molecule has 116 valence electrons. The number of methoxy groups -OCH3 is 1. The molecule has 0 aliphatic rings. The summed E-state index contributed by atoms with van der Waals surface area (Å²) in [7, 11) is 1.54. The Bertz CT molecular complexity index is 696. The quantitative estimate of drug-likeness (QED) is 0.917. The molecule has 2 rings (SSSR count). The Morgan fingerprint density at radius 2 is 1.82 bits per heavy atom. The maximum Gasteiger partial charge on any atom is 0.338 e. The van der Waals surface area contributed by atoms with E-state index in [0.29, 0.717) is 5.75 Å². The minimum Gasteiger partial charge on any atom is -0.497 e. The van der Waals surface area contributed by atoms with Crippen molar-refractivity contribution >= 4 is 5.97 Å². The van der Waals surface area contributed by atoms with Crippen LogP contribution in [0, 0.1) is 18.6 Å². The molecule has 0 saturated heterocycles. The summed E-state index contributed by atoms with van der Waals surface area (Å²) >= 11 is 0. The van der Waals surface area contributed by atoms with Crippen LogP contribution in [0.2, 0.25) is 0 Å². The van der Waals surface area contributed by atoms with Crippen LogP contribution in [0.1, 0.15) is 21.5 Å². The molecule has 0 radical (unpaired) electrons. The molecule has 0 saturated carbocycles. The molecule has 0 bridgehead atoms. The van der Waals surface area contributed by atoms with Crippen molar-refractivity contribution in [2.75, 3.05) is 7.11 Å². The van der Waals surface area contributed by atoms with Crippen LogP contribution in [-0.2, 0) is 6.61 Å². The van der Waals surface area contributed by atoms with Crippen molar-refractivity contribution in [1.82, 2.24) is 0 Å². The van der Waals surface area contributed by atoms with E-state index in [1.54, 1.807) is 24.3 Å². The van der Waals surface area contributed by atoms with Crippen molar-refractivity contribution in [1.29, 1.82) is 0 Å². The Morgan fingerprint density at radius 3 is 2.36 bits per heavy atom. The zero-order valence-corrected chi connectivity index (χ0v) is 12.0.